The van der Waals surface area contributed by atoms with Crippen molar-refractivity contribution in [1.29, 1.82) is 0 Å². The predicted molar refractivity (Wildman–Crippen MR) is 263 cm³/mol. The highest BCUT2D eigenvalue weighted by atomic mass is 15.2. The molecule has 0 fully saturated rings. The van der Waals surface area contributed by atoms with Gasteiger partial charge in [-0.05, 0) is 98.6 Å². The number of nitrogens with zero attached hydrogens (tertiary/aromatic N) is 2. The summed E-state index contributed by atoms with van der Waals surface area (Å²) in [6.07, 6.45) is 0. The number of rotatable bonds is 9. The maximum atomic E-state index is 2.46. The monoisotopic (exact) mass is 790 g/mol. The zero-order valence-corrected chi connectivity index (χ0v) is 34.1. The van der Waals surface area contributed by atoms with Crippen LogP contribution in [0, 0.1) is 0 Å². The molecule has 0 bridgehead atoms. The molecule has 292 valence electrons. The van der Waals surface area contributed by atoms with Crippen LogP contribution < -0.4 is 4.90 Å². The minimum atomic E-state index is 1.08. The first-order valence-corrected chi connectivity index (χ1v) is 21.3. The third kappa shape index (κ3) is 6.65. The van der Waals surface area contributed by atoms with Crippen LogP contribution in [-0.4, -0.2) is 4.57 Å². The molecule has 11 aromatic rings. The second-order valence-corrected chi connectivity index (χ2v) is 15.7. The number of hydrogen-bond acceptors (Lipinski definition) is 1. The highest BCUT2D eigenvalue weighted by Gasteiger charge is 2.23. The Kier molecular flexibility index (Phi) is 9.57. The molecule has 0 amide bonds. The van der Waals surface area contributed by atoms with E-state index in [1.54, 1.807) is 0 Å². The standard InChI is InChI=1S/C60H42N2/c1-4-20-43(21-5-1)50-28-10-11-30-52(50)46-38-40-48(41-39-46)61(56-34-16-14-32-54(56)45-24-8-3-9-25-45)58-36-19-37-59-60(58)55-33-15-17-35-57(55)62(59)49-27-18-26-47(42-49)53-31-13-12-29-51(53)44-22-6-2-7-23-44/h1-42H. The Hall–Kier alpha value is -8.20. The third-order valence-electron chi connectivity index (χ3n) is 12.0. The lowest BCUT2D eigenvalue weighted by Crippen LogP contribution is -2.11. The Labute approximate surface area is 362 Å². The molecule has 0 aliphatic rings. The van der Waals surface area contributed by atoms with E-state index in [1.807, 2.05) is 0 Å². The molecule has 2 heteroatoms. The van der Waals surface area contributed by atoms with E-state index < -0.39 is 0 Å². The van der Waals surface area contributed by atoms with Crippen LogP contribution >= 0.6 is 0 Å². The third-order valence-corrected chi connectivity index (χ3v) is 12.0. The van der Waals surface area contributed by atoms with Gasteiger partial charge in [0.25, 0.3) is 0 Å². The summed E-state index contributed by atoms with van der Waals surface area (Å²) in [5.74, 6) is 0. The van der Waals surface area contributed by atoms with Gasteiger partial charge in [-0.15, -0.1) is 0 Å². The van der Waals surface area contributed by atoms with Gasteiger partial charge in [0.2, 0.25) is 0 Å². The largest absolute Gasteiger partial charge is 0.309 e. The highest BCUT2D eigenvalue weighted by Crippen LogP contribution is 2.47. The van der Waals surface area contributed by atoms with Crippen molar-refractivity contribution in [3.63, 3.8) is 0 Å². The fraction of sp³-hybridized carbons (Fsp3) is 0. The van der Waals surface area contributed by atoms with Crippen molar-refractivity contribution in [3.05, 3.63) is 255 Å². The van der Waals surface area contributed by atoms with Crippen molar-refractivity contribution in [2.24, 2.45) is 0 Å². The van der Waals surface area contributed by atoms with E-state index in [0.29, 0.717) is 0 Å². The number of aromatic nitrogens is 1. The van der Waals surface area contributed by atoms with Crippen LogP contribution in [0.3, 0.4) is 0 Å². The molecule has 1 heterocycles. The molecule has 0 N–H and O–H groups in total. The van der Waals surface area contributed by atoms with Gasteiger partial charge in [-0.1, -0.05) is 206 Å². The summed E-state index contributed by atoms with van der Waals surface area (Å²) in [7, 11) is 0. The molecule has 10 aromatic carbocycles. The van der Waals surface area contributed by atoms with Crippen molar-refractivity contribution in [2.75, 3.05) is 4.90 Å². The van der Waals surface area contributed by atoms with Gasteiger partial charge in [0.05, 0.1) is 22.4 Å². The maximum absolute atomic E-state index is 2.46. The first-order valence-electron chi connectivity index (χ1n) is 21.3. The Bertz CT molecular complexity index is 3330. The molecular weight excluding hydrogens is 749 g/mol. The number of hydrogen-bond donors (Lipinski definition) is 0. The fourth-order valence-electron chi connectivity index (χ4n) is 9.21. The topological polar surface area (TPSA) is 8.17 Å². The zero-order chi connectivity index (χ0) is 41.2. The van der Waals surface area contributed by atoms with E-state index >= 15 is 0 Å². The van der Waals surface area contributed by atoms with E-state index in [4.69, 9.17) is 0 Å². The molecule has 2 nitrogen and oxygen atoms in total. The Morgan fingerprint density at radius 3 is 1.31 bits per heavy atom. The van der Waals surface area contributed by atoms with Gasteiger partial charge in [0.1, 0.15) is 0 Å². The van der Waals surface area contributed by atoms with Crippen molar-refractivity contribution in [3.8, 4) is 61.3 Å². The smallest absolute Gasteiger partial charge is 0.0562 e. The summed E-state index contributed by atoms with van der Waals surface area (Å²) < 4.78 is 2.44. The molecule has 0 aliphatic heterocycles. The molecule has 0 saturated heterocycles. The van der Waals surface area contributed by atoms with E-state index in [-0.39, 0.29) is 0 Å². The Balaban J connectivity index is 1.11. The average Bonchev–Trinajstić information content (AvgIpc) is 3.70. The van der Waals surface area contributed by atoms with Gasteiger partial charge in [-0.3, -0.25) is 0 Å². The van der Waals surface area contributed by atoms with Crippen LogP contribution in [0.25, 0.3) is 83.1 Å². The number of benzene rings is 10. The van der Waals surface area contributed by atoms with Crippen molar-refractivity contribution >= 4 is 38.9 Å². The summed E-state index contributed by atoms with van der Waals surface area (Å²) in [6.45, 7) is 0. The number of para-hydroxylation sites is 2. The predicted octanol–water partition coefficient (Wildman–Crippen LogP) is 16.6. The van der Waals surface area contributed by atoms with Gasteiger partial charge in [-0.2, -0.15) is 0 Å². The van der Waals surface area contributed by atoms with E-state index in [1.165, 1.54) is 60.8 Å². The lowest BCUT2D eigenvalue weighted by Gasteiger charge is -2.29. The zero-order valence-electron chi connectivity index (χ0n) is 34.1. The van der Waals surface area contributed by atoms with Crippen LogP contribution in [0.5, 0.6) is 0 Å². The molecule has 11 rings (SSSR count). The lowest BCUT2D eigenvalue weighted by molar-refractivity contribution is 1.18. The van der Waals surface area contributed by atoms with Crippen LogP contribution in [0.4, 0.5) is 17.1 Å². The first kappa shape index (κ1) is 36.8. The van der Waals surface area contributed by atoms with Crippen LogP contribution in [0.1, 0.15) is 0 Å². The minimum absolute atomic E-state index is 1.08. The van der Waals surface area contributed by atoms with Crippen molar-refractivity contribution in [1.82, 2.24) is 4.57 Å². The number of anilines is 3. The lowest BCUT2D eigenvalue weighted by atomic mass is 9.94. The summed E-state index contributed by atoms with van der Waals surface area (Å²) in [5.41, 5.74) is 18.7. The molecular formula is C60H42N2. The summed E-state index contributed by atoms with van der Waals surface area (Å²) in [6, 6.07) is 92.0. The van der Waals surface area contributed by atoms with Crippen LogP contribution in [0.15, 0.2) is 255 Å². The van der Waals surface area contributed by atoms with Gasteiger partial charge in [0.15, 0.2) is 0 Å². The summed E-state index contributed by atoms with van der Waals surface area (Å²) in [4.78, 5) is 2.46. The van der Waals surface area contributed by atoms with Crippen molar-refractivity contribution < 1.29 is 0 Å². The van der Waals surface area contributed by atoms with Gasteiger partial charge in [0, 0.05) is 27.7 Å². The first-order chi connectivity index (χ1) is 30.8. The van der Waals surface area contributed by atoms with Crippen molar-refractivity contribution in [2.45, 2.75) is 0 Å². The van der Waals surface area contributed by atoms with E-state index in [0.717, 1.165) is 39.3 Å². The van der Waals surface area contributed by atoms with E-state index in [9.17, 15) is 0 Å². The van der Waals surface area contributed by atoms with Gasteiger partial charge < -0.3 is 9.47 Å². The molecule has 62 heavy (non-hydrogen) atoms. The Morgan fingerprint density at radius 1 is 0.274 bits per heavy atom. The second kappa shape index (κ2) is 16.1. The summed E-state index contributed by atoms with van der Waals surface area (Å²) >= 11 is 0. The normalized spacial score (nSPS) is 11.2. The van der Waals surface area contributed by atoms with Crippen LogP contribution in [-0.2, 0) is 0 Å². The average molecular weight is 791 g/mol. The molecule has 0 aliphatic carbocycles. The molecule has 0 radical (unpaired) electrons. The molecule has 0 atom stereocenters. The number of fused-ring (bicyclic) bond motifs is 3. The SMILES string of the molecule is c1ccc(-c2ccccc2-c2ccc(N(c3ccccc3-c3ccccc3)c3cccc4c3c3ccccc3n4-c3cccc(-c4ccccc4-c4ccccc4)c3)cc2)cc1. The summed E-state index contributed by atoms with van der Waals surface area (Å²) in [5, 5.41) is 2.39. The van der Waals surface area contributed by atoms with Crippen LogP contribution in [0.2, 0.25) is 0 Å². The molecule has 0 saturated carbocycles. The van der Waals surface area contributed by atoms with Gasteiger partial charge >= 0.3 is 0 Å². The van der Waals surface area contributed by atoms with E-state index in [2.05, 4.69) is 264 Å². The molecule has 0 spiro atoms. The second-order valence-electron chi connectivity index (χ2n) is 15.7. The maximum Gasteiger partial charge on any atom is 0.0562 e. The fourth-order valence-corrected chi connectivity index (χ4v) is 9.21. The Morgan fingerprint density at radius 2 is 0.694 bits per heavy atom. The van der Waals surface area contributed by atoms with Gasteiger partial charge in [-0.25, -0.2) is 0 Å². The molecule has 0 unspecified atom stereocenters. The minimum Gasteiger partial charge on any atom is -0.309 e. The quantitative estimate of drug-likeness (QED) is 0.141. The highest BCUT2D eigenvalue weighted by molar-refractivity contribution is 6.17. The molecule has 1 aromatic heterocycles.